The molecule has 0 spiro atoms. The van der Waals surface area contributed by atoms with E-state index in [-0.39, 0.29) is 0 Å². The number of halogens is 1. The number of amides is 1. The van der Waals surface area contributed by atoms with Crippen LogP contribution in [0.5, 0.6) is 0 Å². The van der Waals surface area contributed by atoms with Gasteiger partial charge in [-0.05, 0) is 43.5 Å². The maximum absolute atomic E-state index is 12.1. The summed E-state index contributed by atoms with van der Waals surface area (Å²) >= 11 is 6.06. The van der Waals surface area contributed by atoms with Crippen molar-refractivity contribution in [2.75, 3.05) is 0 Å². The molecule has 0 heterocycles. The van der Waals surface area contributed by atoms with Crippen molar-refractivity contribution in [3.8, 4) is 0 Å². The van der Waals surface area contributed by atoms with Crippen molar-refractivity contribution >= 4 is 23.5 Å². The SMILES string of the molecule is CCCC[C@H](NC(=O)c1cc(C)c(C)cc1Cl)C(=O)O. The van der Waals surface area contributed by atoms with Crippen LogP contribution in [-0.4, -0.2) is 23.0 Å². The molecule has 20 heavy (non-hydrogen) atoms. The highest BCUT2D eigenvalue weighted by molar-refractivity contribution is 6.34. The van der Waals surface area contributed by atoms with Gasteiger partial charge in [0, 0.05) is 0 Å². The van der Waals surface area contributed by atoms with E-state index in [1.54, 1.807) is 12.1 Å². The zero-order chi connectivity index (χ0) is 15.3. The van der Waals surface area contributed by atoms with Gasteiger partial charge in [0.2, 0.25) is 0 Å². The summed E-state index contributed by atoms with van der Waals surface area (Å²) in [6, 6.07) is 2.53. The Labute approximate surface area is 124 Å². The fourth-order valence-corrected chi connectivity index (χ4v) is 2.16. The summed E-state index contributed by atoms with van der Waals surface area (Å²) in [7, 11) is 0. The molecule has 2 N–H and O–H groups in total. The lowest BCUT2D eigenvalue weighted by molar-refractivity contribution is -0.139. The highest BCUT2D eigenvalue weighted by Crippen LogP contribution is 2.21. The summed E-state index contributed by atoms with van der Waals surface area (Å²) in [5, 5.41) is 12.0. The quantitative estimate of drug-likeness (QED) is 0.846. The average molecular weight is 298 g/mol. The molecule has 0 aliphatic rings. The van der Waals surface area contributed by atoms with Crippen LogP contribution in [0.25, 0.3) is 0 Å². The fraction of sp³-hybridized carbons (Fsp3) is 0.467. The summed E-state index contributed by atoms with van der Waals surface area (Å²) in [5.41, 5.74) is 2.25. The van der Waals surface area contributed by atoms with Gasteiger partial charge in [-0.1, -0.05) is 31.4 Å². The number of carboxylic acids is 1. The molecule has 4 nitrogen and oxygen atoms in total. The summed E-state index contributed by atoms with van der Waals surface area (Å²) in [6.07, 6.45) is 2.04. The Balaban J connectivity index is 2.89. The van der Waals surface area contributed by atoms with Crippen LogP contribution in [-0.2, 0) is 4.79 Å². The van der Waals surface area contributed by atoms with E-state index >= 15 is 0 Å². The van der Waals surface area contributed by atoms with Crippen LogP contribution >= 0.6 is 11.6 Å². The largest absolute Gasteiger partial charge is 0.480 e. The molecule has 0 saturated carbocycles. The van der Waals surface area contributed by atoms with Gasteiger partial charge in [-0.25, -0.2) is 4.79 Å². The molecule has 0 fully saturated rings. The van der Waals surface area contributed by atoms with Crippen molar-refractivity contribution in [3.05, 3.63) is 33.8 Å². The van der Waals surface area contributed by atoms with Crippen molar-refractivity contribution in [1.29, 1.82) is 0 Å². The van der Waals surface area contributed by atoms with E-state index in [1.807, 2.05) is 20.8 Å². The minimum absolute atomic E-state index is 0.317. The number of unbranched alkanes of at least 4 members (excludes halogenated alkanes) is 1. The molecule has 0 unspecified atom stereocenters. The zero-order valence-corrected chi connectivity index (χ0v) is 12.8. The number of aryl methyl sites for hydroxylation is 2. The second kappa shape index (κ2) is 7.29. The van der Waals surface area contributed by atoms with E-state index in [4.69, 9.17) is 16.7 Å². The van der Waals surface area contributed by atoms with Crippen LogP contribution in [0.15, 0.2) is 12.1 Å². The summed E-state index contributed by atoms with van der Waals surface area (Å²) < 4.78 is 0. The van der Waals surface area contributed by atoms with Gasteiger partial charge in [0.05, 0.1) is 10.6 Å². The molecule has 1 atom stereocenters. The molecular formula is C15H20ClNO3. The van der Waals surface area contributed by atoms with E-state index in [0.29, 0.717) is 17.0 Å². The Hall–Kier alpha value is -1.55. The molecule has 0 bridgehead atoms. The maximum atomic E-state index is 12.1. The second-order valence-corrected chi connectivity index (χ2v) is 5.33. The van der Waals surface area contributed by atoms with Crippen molar-refractivity contribution in [3.63, 3.8) is 0 Å². The standard InChI is InChI=1S/C15H20ClNO3/c1-4-5-6-13(15(19)20)17-14(18)11-7-9(2)10(3)8-12(11)16/h7-8,13H,4-6H2,1-3H3,(H,17,18)(H,19,20)/t13-/m0/s1. The van der Waals surface area contributed by atoms with Gasteiger partial charge >= 0.3 is 5.97 Å². The second-order valence-electron chi connectivity index (χ2n) is 4.92. The van der Waals surface area contributed by atoms with Gasteiger partial charge in [-0.15, -0.1) is 0 Å². The Kier molecular flexibility index (Phi) is 6.02. The van der Waals surface area contributed by atoms with Gasteiger partial charge in [0.15, 0.2) is 0 Å². The number of carboxylic acid groups (broad SMARTS) is 1. The van der Waals surface area contributed by atoms with E-state index < -0.39 is 17.9 Å². The number of rotatable bonds is 6. The van der Waals surface area contributed by atoms with Gasteiger partial charge in [0.1, 0.15) is 6.04 Å². The van der Waals surface area contributed by atoms with Crippen molar-refractivity contribution in [2.24, 2.45) is 0 Å². The number of benzene rings is 1. The first kappa shape index (κ1) is 16.5. The Morgan fingerprint density at radius 1 is 1.30 bits per heavy atom. The lowest BCUT2D eigenvalue weighted by Crippen LogP contribution is -2.40. The summed E-state index contributed by atoms with van der Waals surface area (Å²) in [6.45, 7) is 5.76. The third-order valence-electron chi connectivity index (χ3n) is 3.28. The van der Waals surface area contributed by atoms with Gasteiger partial charge in [-0.2, -0.15) is 0 Å². The lowest BCUT2D eigenvalue weighted by atomic mass is 10.0. The molecule has 0 aliphatic heterocycles. The highest BCUT2D eigenvalue weighted by atomic mass is 35.5. The molecule has 0 aromatic heterocycles. The molecule has 1 amide bonds. The topological polar surface area (TPSA) is 66.4 Å². The zero-order valence-electron chi connectivity index (χ0n) is 12.0. The summed E-state index contributed by atoms with van der Waals surface area (Å²) in [4.78, 5) is 23.3. The summed E-state index contributed by atoms with van der Waals surface area (Å²) in [5.74, 6) is -1.46. The Morgan fingerprint density at radius 3 is 2.45 bits per heavy atom. The molecule has 110 valence electrons. The Morgan fingerprint density at radius 2 is 1.90 bits per heavy atom. The first-order chi connectivity index (χ1) is 9.36. The van der Waals surface area contributed by atoms with Crippen LogP contribution in [0.2, 0.25) is 5.02 Å². The van der Waals surface area contributed by atoms with Gasteiger partial charge < -0.3 is 10.4 Å². The van der Waals surface area contributed by atoms with E-state index in [0.717, 1.165) is 24.0 Å². The normalized spacial score (nSPS) is 12.0. The molecule has 1 aromatic rings. The van der Waals surface area contributed by atoms with Crippen LogP contribution in [0, 0.1) is 13.8 Å². The monoisotopic (exact) mass is 297 g/mol. The lowest BCUT2D eigenvalue weighted by Gasteiger charge is -2.15. The third-order valence-corrected chi connectivity index (χ3v) is 3.59. The van der Waals surface area contributed by atoms with Crippen molar-refractivity contribution < 1.29 is 14.7 Å². The highest BCUT2D eigenvalue weighted by Gasteiger charge is 2.21. The number of hydrogen-bond donors (Lipinski definition) is 2. The molecule has 1 aromatic carbocycles. The molecular weight excluding hydrogens is 278 g/mol. The van der Waals surface area contributed by atoms with Crippen LogP contribution in [0.1, 0.15) is 47.7 Å². The molecule has 5 heteroatoms. The van der Waals surface area contributed by atoms with Crippen molar-refractivity contribution in [1.82, 2.24) is 5.32 Å². The first-order valence-electron chi connectivity index (χ1n) is 6.67. The van der Waals surface area contributed by atoms with Gasteiger partial charge in [0.25, 0.3) is 5.91 Å². The van der Waals surface area contributed by atoms with Crippen LogP contribution < -0.4 is 5.32 Å². The smallest absolute Gasteiger partial charge is 0.326 e. The molecule has 0 radical (unpaired) electrons. The molecule has 1 rings (SSSR count). The molecule has 0 aliphatic carbocycles. The predicted octanol–water partition coefficient (Wildman–Crippen LogP) is 3.33. The number of hydrogen-bond acceptors (Lipinski definition) is 2. The minimum Gasteiger partial charge on any atom is -0.480 e. The number of carbonyl (C=O) groups excluding carboxylic acids is 1. The van der Waals surface area contributed by atoms with E-state index in [1.165, 1.54) is 0 Å². The molecule has 0 saturated heterocycles. The third kappa shape index (κ3) is 4.23. The van der Waals surface area contributed by atoms with Gasteiger partial charge in [-0.3, -0.25) is 4.79 Å². The minimum atomic E-state index is -1.02. The number of nitrogens with one attached hydrogen (secondary N) is 1. The van der Waals surface area contributed by atoms with Crippen LogP contribution in [0.4, 0.5) is 0 Å². The first-order valence-corrected chi connectivity index (χ1v) is 7.05. The maximum Gasteiger partial charge on any atom is 0.326 e. The van der Waals surface area contributed by atoms with E-state index in [9.17, 15) is 9.59 Å². The Bertz CT molecular complexity index is 514. The average Bonchev–Trinajstić information content (AvgIpc) is 2.38. The number of carbonyl (C=O) groups is 2. The van der Waals surface area contributed by atoms with Crippen LogP contribution in [0.3, 0.4) is 0 Å². The van der Waals surface area contributed by atoms with E-state index in [2.05, 4.69) is 5.32 Å². The predicted molar refractivity (Wildman–Crippen MR) is 79.3 cm³/mol. The number of aliphatic carboxylic acids is 1. The fourth-order valence-electron chi connectivity index (χ4n) is 1.86. The van der Waals surface area contributed by atoms with Crippen molar-refractivity contribution in [2.45, 2.75) is 46.1 Å².